The molecule has 1 unspecified atom stereocenters. The minimum absolute atomic E-state index is 0.160. The van der Waals surface area contributed by atoms with Gasteiger partial charge < -0.3 is 9.67 Å². The lowest BCUT2D eigenvalue weighted by atomic mass is 9.68. The van der Waals surface area contributed by atoms with Crippen LogP contribution >= 0.6 is 28.1 Å². The number of benzene rings is 1. The van der Waals surface area contributed by atoms with Gasteiger partial charge in [0.25, 0.3) is 0 Å². The molecule has 4 nitrogen and oxygen atoms in total. The molecule has 1 saturated carbocycles. The third-order valence-corrected chi connectivity index (χ3v) is 4.97. The molecule has 0 aliphatic heterocycles. The first-order valence-corrected chi connectivity index (χ1v) is 7.80. The van der Waals surface area contributed by atoms with Crippen molar-refractivity contribution in [2.24, 2.45) is 7.05 Å². The second-order valence-electron chi connectivity index (χ2n) is 5.39. The number of nitrogens with one attached hydrogen (secondary N) is 1. The van der Waals surface area contributed by atoms with Crippen LogP contribution in [-0.4, -0.2) is 25.5 Å². The van der Waals surface area contributed by atoms with Gasteiger partial charge in [-0.3, -0.25) is 5.10 Å². The summed E-state index contributed by atoms with van der Waals surface area (Å²) in [6.07, 6.45) is 2.64. The molecule has 1 atom stereocenters. The average Bonchev–Trinajstić information content (AvgIpc) is 2.69. The average molecular weight is 354 g/mol. The third kappa shape index (κ3) is 2.25. The van der Waals surface area contributed by atoms with Gasteiger partial charge in [-0.1, -0.05) is 28.1 Å². The summed E-state index contributed by atoms with van der Waals surface area (Å²) in [5.41, 5.74) is 0.328. The van der Waals surface area contributed by atoms with Crippen LogP contribution in [0.2, 0.25) is 0 Å². The van der Waals surface area contributed by atoms with Crippen molar-refractivity contribution in [1.82, 2.24) is 14.8 Å². The normalized spacial score (nSPS) is 18.6. The number of aliphatic hydroxyl groups is 1. The van der Waals surface area contributed by atoms with E-state index in [2.05, 4.69) is 26.1 Å². The van der Waals surface area contributed by atoms with Gasteiger partial charge in [-0.05, 0) is 49.2 Å². The monoisotopic (exact) mass is 353 g/mol. The fourth-order valence-corrected chi connectivity index (χ4v) is 3.39. The number of hydrogen-bond donors (Lipinski definition) is 2. The third-order valence-electron chi connectivity index (χ3n) is 4.11. The van der Waals surface area contributed by atoms with Crippen molar-refractivity contribution >= 4 is 28.1 Å². The molecule has 0 bridgehead atoms. The number of hydrogen-bond acceptors (Lipinski definition) is 3. The minimum Gasteiger partial charge on any atom is -0.389 e. The molecule has 0 amide bonds. The van der Waals surface area contributed by atoms with E-state index in [4.69, 9.17) is 12.2 Å². The number of nitrogens with zero attached hydrogens (tertiary/aromatic N) is 2. The molecule has 106 valence electrons. The molecule has 1 aliphatic rings. The number of rotatable bonds is 3. The Hall–Kier alpha value is -0.980. The van der Waals surface area contributed by atoms with Crippen LogP contribution < -0.4 is 0 Å². The maximum absolute atomic E-state index is 10.9. The topological polar surface area (TPSA) is 53.8 Å². The van der Waals surface area contributed by atoms with Crippen LogP contribution in [0.15, 0.2) is 28.7 Å². The molecule has 6 heteroatoms. The summed E-state index contributed by atoms with van der Waals surface area (Å²) < 4.78 is 3.42. The molecule has 0 spiro atoms. The van der Waals surface area contributed by atoms with Crippen LogP contribution in [0, 0.1) is 4.77 Å². The Labute approximate surface area is 131 Å². The highest BCUT2D eigenvalue weighted by Gasteiger charge is 2.45. The quantitative estimate of drug-likeness (QED) is 0.832. The predicted molar refractivity (Wildman–Crippen MR) is 83.2 cm³/mol. The molecule has 0 saturated heterocycles. The Morgan fingerprint density at radius 2 is 2.25 bits per heavy atom. The number of H-pyrrole nitrogens is 1. The Bertz CT molecular complexity index is 690. The van der Waals surface area contributed by atoms with Crippen LogP contribution in [0.5, 0.6) is 0 Å². The molecule has 1 aromatic heterocycles. The first-order chi connectivity index (χ1) is 9.51. The number of halogens is 1. The van der Waals surface area contributed by atoms with E-state index in [0.717, 1.165) is 35.1 Å². The van der Waals surface area contributed by atoms with Crippen molar-refractivity contribution in [3.8, 4) is 0 Å². The minimum atomic E-state index is -0.727. The smallest absolute Gasteiger partial charge is 0.194 e. The van der Waals surface area contributed by atoms with Crippen molar-refractivity contribution in [3.63, 3.8) is 0 Å². The van der Waals surface area contributed by atoms with Crippen LogP contribution in [0.3, 0.4) is 0 Å². The molecule has 2 N–H and O–H groups in total. The van der Waals surface area contributed by atoms with Gasteiger partial charge in [0.2, 0.25) is 0 Å². The second-order valence-corrected chi connectivity index (χ2v) is 6.69. The zero-order valence-electron chi connectivity index (χ0n) is 11.1. The van der Waals surface area contributed by atoms with Gasteiger partial charge in [-0.15, -0.1) is 0 Å². The fourth-order valence-electron chi connectivity index (χ4n) is 2.83. The molecular formula is C14H16BrN3OS. The first kappa shape index (κ1) is 14.0. The van der Waals surface area contributed by atoms with Gasteiger partial charge in [0.05, 0.1) is 11.5 Å². The lowest BCUT2D eigenvalue weighted by Gasteiger charge is -2.43. The summed E-state index contributed by atoms with van der Waals surface area (Å²) in [6, 6.07) is 8.03. The summed E-state index contributed by atoms with van der Waals surface area (Å²) in [5.74, 6) is 0.627. The van der Waals surface area contributed by atoms with E-state index in [1.807, 2.05) is 35.9 Å². The molecule has 2 aromatic rings. The van der Waals surface area contributed by atoms with Crippen LogP contribution in [0.4, 0.5) is 0 Å². The van der Waals surface area contributed by atoms with Crippen molar-refractivity contribution in [1.29, 1.82) is 0 Å². The zero-order valence-corrected chi connectivity index (χ0v) is 13.5. The highest BCUT2D eigenvalue weighted by molar-refractivity contribution is 9.10. The lowest BCUT2D eigenvalue weighted by molar-refractivity contribution is -0.0497. The van der Waals surface area contributed by atoms with E-state index in [-0.39, 0.29) is 5.92 Å². The molecule has 0 radical (unpaired) electrons. The van der Waals surface area contributed by atoms with Crippen LogP contribution in [-0.2, 0) is 7.05 Å². The number of aromatic nitrogens is 3. The maximum Gasteiger partial charge on any atom is 0.194 e. The molecule has 1 aromatic carbocycles. The summed E-state index contributed by atoms with van der Waals surface area (Å²) >= 11 is 8.70. The maximum atomic E-state index is 10.9. The number of aromatic amines is 1. The SMILES string of the molecule is Cn1c(C(c2cccc(Br)c2)C2(O)CCC2)n[nH]c1=S. The fraction of sp³-hybridized carbons (Fsp3) is 0.429. The highest BCUT2D eigenvalue weighted by Crippen LogP contribution is 2.46. The van der Waals surface area contributed by atoms with E-state index in [1.54, 1.807) is 0 Å². The zero-order chi connectivity index (χ0) is 14.3. The van der Waals surface area contributed by atoms with E-state index < -0.39 is 5.60 Å². The lowest BCUT2D eigenvalue weighted by Crippen LogP contribution is -2.44. The van der Waals surface area contributed by atoms with Gasteiger partial charge >= 0.3 is 0 Å². The summed E-state index contributed by atoms with van der Waals surface area (Å²) in [5, 5.41) is 18.0. The molecule has 1 aliphatic carbocycles. The van der Waals surface area contributed by atoms with Crippen molar-refractivity contribution in [2.75, 3.05) is 0 Å². The second kappa shape index (κ2) is 5.09. The van der Waals surface area contributed by atoms with E-state index >= 15 is 0 Å². The van der Waals surface area contributed by atoms with Crippen molar-refractivity contribution in [3.05, 3.63) is 44.9 Å². The van der Waals surface area contributed by atoms with Gasteiger partial charge in [-0.25, -0.2) is 0 Å². The predicted octanol–water partition coefficient (Wildman–Crippen LogP) is 3.29. The largest absolute Gasteiger partial charge is 0.389 e. The van der Waals surface area contributed by atoms with Gasteiger partial charge in [0.1, 0.15) is 5.82 Å². The van der Waals surface area contributed by atoms with Crippen LogP contribution in [0.25, 0.3) is 0 Å². The van der Waals surface area contributed by atoms with Gasteiger partial charge in [-0.2, -0.15) is 5.10 Å². The van der Waals surface area contributed by atoms with Gasteiger partial charge in [0.15, 0.2) is 4.77 Å². The molecule has 1 fully saturated rings. The Morgan fingerprint density at radius 3 is 2.75 bits per heavy atom. The van der Waals surface area contributed by atoms with E-state index in [9.17, 15) is 5.11 Å². The van der Waals surface area contributed by atoms with Crippen LogP contribution in [0.1, 0.15) is 36.6 Å². The highest BCUT2D eigenvalue weighted by atomic mass is 79.9. The van der Waals surface area contributed by atoms with Gasteiger partial charge in [0, 0.05) is 11.5 Å². The Morgan fingerprint density at radius 1 is 1.50 bits per heavy atom. The summed E-state index contributed by atoms with van der Waals surface area (Å²) in [6.45, 7) is 0. The molecule has 3 rings (SSSR count). The van der Waals surface area contributed by atoms with E-state index in [1.165, 1.54) is 0 Å². The van der Waals surface area contributed by atoms with E-state index in [0.29, 0.717) is 4.77 Å². The molecule has 1 heterocycles. The Balaban J connectivity index is 2.14. The summed E-state index contributed by atoms with van der Waals surface area (Å²) in [7, 11) is 1.88. The Kier molecular flexibility index (Phi) is 3.56. The first-order valence-electron chi connectivity index (χ1n) is 6.60. The molecule has 20 heavy (non-hydrogen) atoms. The van der Waals surface area contributed by atoms with Crippen molar-refractivity contribution in [2.45, 2.75) is 30.8 Å². The molecular weight excluding hydrogens is 338 g/mol. The standard InChI is InChI=1S/C14H16BrN3OS/c1-18-12(16-17-13(18)20)11(14(19)6-3-7-14)9-4-2-5-10(15)8-9/h2,4-5,8,11,19H,3,6-7H2,1H3,(H,17,20). The summed E-state index contributed by atoms with van der Waals surface area (Å²) in [4.78, 5) is 0. The van der Waals surface area contributed by atoms with Crippen molar-refractivity contribution < 1.29 is 5.11 Å².